The normalized spacial score (nSPS) is 14.1. The number of anilines is 2. The molecule has 0 saturated carbocycles. The van der Waals surface area contributed by atoms with E-state index in [0.29, 0.717) is 43.7 Å². The summed E-state index contributed by atoms with van der Waals surface area (Å²) in [5.41, 5.74) is 1.51. The first-order valence-corrected chi connectivity index (χ1v) is 12.6. The van der Waals surface area contributed by atoms with Crippen molar-refractivity contribution < 1.29 is 14.5 Å². The molecule has 0 N–H and O–H groups in total. The zero-order valence-corrected chi connectivity index (χ0v) is 21.5. The van der Waals surface area contributed by atoms with E-state index in [0.717, 1.165) is 27.7 Å². The average molecular weight is 548 g/mol. The Labute approximate surface area is 210 Å². The monoisotopic (exact) mass is 547 g/mol. The van der Waals surface area contributed by atoms with Crippen molar-refractivity contribution in [3.63, 3.8) is 0 Å². The first-order valence-electron chi connectivity index (χ1n) is 11.0. The van der Waals surface area contributed by atoms with Crippen LogP contribution in [0.2, 0.25) is 0 Å². The summed E-state index contributed by atoms with van der Waals surface area (Å²) in [6, 6.07) is 10.5. The summed E-state index contributed by atoms with van der Waals surface area (Å²) < 4.78 is 7.27. The third-order valence-corrected chi connectivity index (χ3v) is 7.11. The molecule has 3 aromatic rings. The molecule has 180 valence electrons. The van der Waals surface area contributed by atoms with Crippen molar-refractivity contribution in [3.8, 4) is 0 Å². The molecular weight excluding hydrogens is 522 g/mol. The quantitative estimate of drug-likeness (QED) is 0.304. The van der Waals surface area contributed by atoms with E-state index in [2.05, 4.69) is 25.8 Å². The number of thiazole rings is 1. The van der Waals surface area contributed by atoms with Gasteiger partial charge in [0, 0.05) is 35.7 Å². The minimum atomic E-state index is -0.423. The number of carbonyl (C=O) groups is 1. The van der Waals surface area contributed by atoms with Crippen molar-refractivity contribution in [3.05, 3.63) is 56.5 Å². The number of carbonyl (C=O) groups excluding carboxylic acids is 1. The maximum absolute atomic E-state index is 13.6. The van der Waals surface area contributed by atoms with Crippen LogP contribution in [0.1, 0.15) is 16.8 Å². The number of aromatic nitrogens is 1. The zero-order valence-electron chi connectivity index (χ0n) is 19.1. The van der Waals surface area contributed by atoms with E-state index in [9.17, 15) is 14.9 Å². The maximum atomic E-state index is 13.6. The Morgan fingerprint density at radius 2 is 1.97 bits per heavy atom. The van der Waals surface area contributed by atoms with E-state index < -0.39 is 4.92 Å². The lowest BCUT2D eigenvalue weighted by molar-refractivity contribution is -0.384. The van der Waals surface area contributed by atoms with Gasteiger partial charge in [-0.05, 0) is 57.4 Å². The van der Waals surface area contributed by atoms with Crippen LogP contribution in [0.15, 0.2) is 40.9 Å². The highest BCUT2D eigenvalue weighted by atomic mass is 79.9. The van der Waals surface area contributed by atoms with Crippen LogP contribution < -0.4 is 9.80 Å². The summed E-state index contributed by atoms with van der Waals surface area (Å²) in [5.74, 6) is -0.298. The van der Waals surface area contributed by atoms with E-state index in [1.165, 1.54) is 17.4 Å². The summed E-state index contributed by atoms with van der Waals surface area (Å²) in [6.45, 7) is 3.45. The second kappa shape index (κ2) is 10.8. The van der Waals surface area contributed by atoms with Gasteiger partial charge in [0.15, 0.2) is 5.13 Å². The van der Waals surface area contributed by atoms with Gasteiger partial charge in [0.05, 0.1) is 28.4 Å². The van der Waals surface area contributed by atoms with Gasteiger partial charge in [0.2, 0.25) is 0 Å². The van der Waals surface area contributed by atoms with Gasteiger partial charge in [0.1, 0.15) is 5.69 Å². The molecule has 1 aliphatic rings. The highest BCUT2D eigenvalue weighted by molar-refractivity contribution is 9.10. The molecule has 1 amide bonds. The highest BCUT2D eigenvalue weighted by Gasteiger charge is 2.27. The fourth-order valence-electron chi connectivity index (χ4n) is 3.86. The molecular formula is C23H26BrN5O4S. The van der Waals surface area contributed by atoms with Crippen molar-refractivity contribution >= 4 is 59.9 Å². The van der Waals surface area contributed by atoms with Crippen LogP contribution in [0.4, 0.5) is 16.5 Å². The summed E-state index contributed by atoms with van der Waals surface area (Å²) >= 11 is 4.91. The molecule has 0 bridgehead atoms. The molecule has 1 aliphatic heterocycles. The molecule has 0 unspecified atom stereocenters. The fraction of sp³-hybridized carbons (Fsp3) is 0.391. The van der Waals surface area contributed by atoms with Gasteiger partial charge < -0.3 is 14.5 Å². The van der Waals surface area contributed by atoms with Gasteiger partial charge >= 0.3 is 0 Å². The van der Waals surface area contributed by atoms with Crippen LogP contribution in [0, 0.1) is 10.1 Å². The molecule has 34 heavy (non-hydrogen) atoms. The molecule has 2 aromatic carbocycles. The Morgan fingerprint density at radius 3 is 2.68 bits per heavy atom. The van der Waals surface area contributed by atoms with Gasteiger partial charge in [-0.2, -0.15) is 0 Å². The number of amides is 1. The Kier molecular flexibility index (Phi) is 7.77. The third-order valence-electron chi connectivity index (χ3n) is 5.57. The molecule has 0 radical (unpaired) electrons. The highest BCUT2D eigenvalue weighted by Crippen LogP contribution is 2.34. The first-order chi connectivity index (χ1) is 16.3. The standard InChI is InChI=1S/C23H26BrN5O4S/c1-26(2)8-3-9-28(23-25-18-6-5-17(24)15-21(18)34-23)22(30)16-4-7-19(20(14-16)29(31)32)27-10-12-33-13-11-27/h4-7,14-15H,3,8-13H2,1-2H3. The number of morpholine rings is 1. The Morgan fingerprint density at radius 1 is 1.21 bits per heavy atom. The topological polar surface area (TPSA) is 92.0 Å². The maximum Gasteiger partial charge on any atom is 0.293 e. The van der Waals surface area contributed by atoms with E-state index >= 15 is 0 Å². The molecule has 1 fully saturated rings. The SMILES string of the molecule is CN(C)CCCN(C(=O)c1ccc(N2CCOCC2)c([N+](=O)[O-])c1)c1nc2ccc(Br)cc2s1. The van der Waals surface area contributed by atoms with Crippen LogP contribution in [0.3, 0.4) is 0 Å². The first kappa shape index (κ1) is 24.5. The number of nitro groups is 1. The number of nitrogens with zero attached hydrogens (tertiary/aromatic N) is 5. The van der Waals surface area contributed by atoms with Gasteiger partial charge in [-0.3, -0.25) is 19.8 Å². The molecule has 2 heterocycles. The molecule has 4 rings (SSSR count). The van der Waals surface area contributed by atoms with Crippen molar-refractivity contribution in [1.29, 1.82) is 0 Å². The summed E-state index contributed by atoms with van der Waals surface area (Å²) in [4.78, 5) is 35.4. The summed E-state index contributed by atoms with van der Waals surface area (Å²) in [6.07, 6.45) is 0.742. The van der Waals surface area contributed by atoms with Crippen LogP contribution in [-0.4, -0.2) is 74.2 Å². The van der Waals surface area contributed by atoms with Crippen LogP contribution in [-0.2, 0) is 4.74 Å². The Balaban J connectivity index is 1.68. The number of hydrogen-bond acceptors (Lipinski definition) is 8. The number of rotatable bonds is 8. The van der Waals surface area contributed by atoms with E-state index in [1.807, 2.05) is 37.2 Å². The minimum Gasteiger partial charge on any atom is -0.378 e. The lowest BCUT2D eigenvalue weighted by Crippen LogP contribution is -2.37. The minimum absolute atomic E-state index is 0.0748. The predicted molar refractivity (Wildman–Crippen MR) is 138 cm³/mol. The largest absolute Gasteiger partial charge is 0.378 e. The number of halogens is 1. The van der Waals surface area contributed by atoms with Crippen LogP contribution in [0.5, 0.6) is 0 Å². The Hall–Kier alpha value is -2.60. The van der Waals surface area contributed by atoms with E-state index in [-0.39, 0.29) is 17.2 Å². The third kappa shape index (κ3) is 5.54. The van der Waals surface area contributed by atoms with E-state index in [1.54, 1.807) is 17.0 Å². The molecule has 0 aliphatic carbocycles. The van der Waals surface area contributed by atoms with E-state index in [4.69, 9.17) is 4.74 Å². The fourth-order valence-corrected chi connectivity index (χ4v) is 5.40. The summed E-state index contributed by atoms with van der Waals surface area (Å²) in [7, 11) is 3.96. The zero-order chi connectivity index (χ0) is 24.2. The second-order valence-corrected chi connectivity index (χ2v) is 10.2. The summed E-state index contributed by atoms with van der Waals surface area (Å²) in [5, 5.41) is 12.5. The second-order valence-electron chi connectivity index (χ2n) is 8.28. The predicted octanol–water partition coefficient (Wildman–Crippen LogP) is 4.40. The Bertz CT molecular complexity index is 1200. The molecule has 1 saturated heterocycles. The lowest BCUT2D eigenvalue weighted by atomic mass is 10.1. The van der Waals surface area contributed by atoms with Crippen LogP contribution in [0.25, 0.3) is 10.2 Å². The average Bonchev–Trinajstić information content (AvgIpc) is 3.24. The number of ether oxygens (including phenoxy) is 1. The molecule has 1 aromatic heterocycles. The molecule has 11 heteroatoms. The van der Waals surface area contributed by atoms with Gasteiger partial charge in [-0.25, -0.2) is 4.98 Å². The van der Waals surface area contributed by atoms with Gasteiger partial charge in [-0.15, -0.1) is 0 Å². The number of hydrogen-bond donors (Lipinski definition) is 0. The molecule has 0 atom stereocenters. The number of benzene rings is 2. The smallest absolute Gasteiger partial charge is 0.293 e. The number of fused-ring (bicyclic) bond motifs is 1. The van der Waals surface area contributed by atoms with Gasteiger partial charge in [0.25, 0.3) is 11.6 Å². The number of nitro benzene ring substituents is 1. The van der Waals surface area contributed by atoms with Gasteiger partial charge in [-0.1, -0.05) is 27.3 Å². The van der Waals surface area contributed by atoms with Crippen molar-refractivity contribution in [2.24, 2.45) is 0 Å². The lowest BCUT2D eigenvalue weighted by Gasteiger charge is -2.28. The van der Waals surface area contributed by atoms with Crippen molar-refractivity contribution in [2.45, 2.75) is 6.42 Å². The van der Waals surface area contributed by atoms with Crippen LogP contribution >= 0.6 is 27.3 Å². The molecule has 0 spiro atoms. The molecule has 9 nitrogen and oxygen atoms in total. The van der Waals surface area contributed by atoms with Crippen molar-refractivity contribution in [2.75, 3.05) is 63.3 Å². The van der Waals surface area contributed by atoms with Crippen molar-refractivity contribution in [1.82, 2.24) is 9.88 Å².